The number of nitrogens with zero attached hydrogens (tertiary/aromatic N) is 1. The fourth-order valence-corrected chi connectivity index (χ4v) is 5.28. The van der Waals surface area contributed by atoms with E-state index in [4.69, 9.17) is 16.3 Å². The number of thiophene rings is 1. The Kier molecular flexibility index (Phi) is 5.33. The molecule has 1 aromatic carbocycles. The van der Waals surface area contributed by atoms with Crippen LogP contribution in [0.15, 0.2) is 34.5 Å². The highest BCUT2D eigenvalue weighted by atomic mass is 35.5. The first-order valence-corrected chi connectivity index (χ1v) is 10.3. The number of carbonyl (C=O) groups is 1. The van der Waals surface area contributed by atoms with E-state index in [9.17, 15) is 13.2 Å². The molecule has 0 spiro atoms. The number of carbonyl (C=O) groups excluding carboxylic acids is 1. The fourth-order valence-electron chi connectivity index (χ4n) is 2.75. The molecule has 134 valence electrons. The van der Waals surface area contributed by atoms with E-state index < -0.39 is 10.0 Å². The van der Waals surface area contributed by atoms with Crippen molar-refractivity contribution in [2.24, 2.45) is 0 Å². The Labute approximate surface area is 155 Å². The molecule has 2 aromatic rings. The monoisotopic (exact) mass is 400 g/mol. The minimum Gasteiger partial charge on any atom is -0.375 e. The Morgan fingerprint density at radius 3 is 2.84 bits per heavy atom. The summed E-state index contributed by atoms with van der Waals surface area (Å²) in [6, 6.07) is 8.24. The number of methoxy groups -OCH3 is 1. The van der Waals surface area contributed by atoms with Crippen molar-refractivity contribution in [3.05, 3.63) is 40.2 Å². The van der Waals surface area contributed by atoms with Crippen molar-refractivity contribution in [1.29, 1.82) is 0 Å². The highest BCUT2D eigenvalue weighted by Gasteiger charge is 2.24. The molecule has 0 bridgehead atoms. The number of rotatable bonds is 5. The molecule has 0 saturated heterocycles. The second-order valence-electron chi connectivity index (χ2n) is 5.59. The van der Waals surface area contributed by atoms with Gasteiger partial charge in [0, 0.05) is 19.3 Å². The summed E-state index contributed by atoms with van der Waals surface area (Å²) in [4.78, 5) is 13.9. The number of aryl methyl sites for hydroxylation is 1. The number of amides is 1. The fraction of sp³-hybridized carbons (Fsp3) is 0.312. The first-order chi connectivity index (χ1) is 11.9. The van der Waals surface area contributed by atoms with Crippen molar-refractivity contribution in [3.63, 3.8) is 0 Å². The summed E-state index contributed by atoms with van der Waals surface area (Å²) in [5.41, 5.74) is 2.14. The van der Waals surface area contributed by atoms with E-state index in [2.05, 4.69) is 4.72 Å². The number of fused-ring (bicyclic) bond motifs is 1. The van der Waals surface area contributed by atoms with Crippen LogP contribution in [0.3, 0.4) is 0 Å². The largest absolute Gasteiger partial charge is 0.375 e. The lowest BCUT2D eigenvalue weighted by atomic mass is 10.0. The average Bonchev–Trinajstić information content (AvgIpc) is 3.01. The number of halogens is 1. The van der Waals surface area contributed by atoms with Crippen molar-refractivity contribution < 1.29 is 17.9 Å². The van der Waals surface area contributed by atoms with E-state index in [0.29, 0.717) is 16.6 Å². The van der Waals surface area contributed by atoms with Gasteiger partial charge in [0.15, 0.2) is 0 Å². The third-order valence-electron chi connectivity index (χ3n) is 3.84. The average molecular weight is 401 g/mol. The second-order valence-corrected chi connectivity index (χ2v) is 9.21. The van der Waals surface area contributed by atoms with Gasteiger partial charge in [0.05, 0.1) is 10.0 Å². The van der Waals surface area contributed by atoms with Crippen LogP contribution in [0.4, 0.5) is 11.4 Å². The third-order valence-corrected chi connectivity index (χ3v) is 6.94. The highest BCUT2D eigenvalue weighted by Crippen LogP contribution is 2.32. The predicted molar refractivity (Wildman–Crippen MR) is 99.1 cm³/mol. The summed E-state index contributed by atoms with van der Waals surface area (Å²) >= 11 is 6.81. The van der Waals surface area contributed by atoms with Crippen LogP contribution in [-0.2, 0) is 26.0 Å². The van der Waals surface area contributed by atoms with Gasteiger partial charge in [-0.05, 0) is 42.7 Å². The Morgan fingerprint density at radius 2 is 2.16 bits per heavy atom. The maximum absolute atomic E-state index is 12.4. The van der Waals surface area contributed by atoms with Gasteiger partial charge in [0.1, 0.15) is 10.8 Å². The van der Waals surface area contributed by atoms with Crippen LogP contribution in [-0.4, -0.2) is 34.6 Å². The zero-order valence-electron chi connectivity index (χ0n) is 13.5. The molecule has 0 atom stereocenters. The van der Waals surface area contributed by atoms with Crippen molar-refractivity contribution in [1.82, 2.24) is 0 Å². The van der Waals surface area contributed by atoms with Crippen molar-refractivity contribution in [2.45, 2.75) is 17.1 Å². The van der Waals surface area contributed by atoms with Gasteiger partial charge in [-0.3, -0.25) is 9.52 Å². The molecule has 25 heavy (non-hydrogen) atoms. The zero-order chi connectivity index (χ0) is 18.0. The van der Waals surface area contributed by atoms with Gasteiger partial charge in [-0.25, -0.2) is 8.42 Å². The van der Waals surface area contributed by atoms with Crippen molar-refractivity contribution in [2.75, 3.05) is 29.9 Å². The van der Waals surface area contributed by atoms with Crippen LogP contribution < -0.4 is 9.62 Å². The van der Waals surface area contributed by atoms with Crippen LogP contribution >= 0.6 is 22.9 Å². The van der Waals surface area contributed by atoms with E-state index in [-0.39, 0.29) is 16.7 Å². The molecule has 9 heteroatoms. The first-order valence-electron chi connectivity index (χ1n) is 7.61. The molecule has 0 aliphatic carbocycles. The predicted octanol–water partition coefficient (Wildman–Crippen LogP) is 3.13. The molecular weight excluding hydrogens is 384 g/mol. The van der Waals surface area contributed by atoms with Crippen LogP contribution in [0.1, 0.15) is 12.0 Å². The molecule has 1 amide bonds. The van der Waals surface area contributed by atoms with Gasteiger partial charge >= 0.3 is 0 Å². The van der Waals surface area contributed by atoms with Crippen LogP contribution in [0.2, 0.25) is 4.34 Å². The number of hydrogen-bond donors (Lipinski definition) is 1. The molecule has 1 N–H and O–H groups in total. The SMILES string of the molecule is COCC(=O)N1CCCc2ccc(NS(=O)(=O)c3ccc(Cl)s3)cc21. The minimum absolute atomic E-state index is 0.0108. The lowest BCUT2D eigenvalue weighted by molar-refractivity contribution is -0.122. The van der Waals surface area contributed by atoms with Gasteiger partial charge in [-0.2, -0.15) is 0 Å². The molecule has 1 aliphatic rings. The Bertz CT molecular complexity index is 895. The van der Waals surface area contributed by atoms with Gasteiger partial charge < -0.3 is 9.64 Å². The molecule has 0 radical (unpaired) electrons. The number of benzene rings is 1. The number of ether oxygens (including phenoxy) is 1. The van der Waals surface area contributed by atoms with Crippen molar-refractivity contribution >= 4 is 50.2 Å². The molecule has 0 fully saturated rings. The van der Waals surface area contributed by atoms with E-state index in [0.717, 1.165) is 35.4 Å². The maximum Gasteiger partial charge on any atom is 0.271 e. The van der Waals surface area contributed by atoms with Crippen molar-refractivity contribution in [3.8, 4) is 0 Å². The third kappa shape index (κ3) is 3.98. The summed E-state index contributed by atoms with van der Waals surface area (Å²) in [6.45, 7) is 0.578. The molecule has 0 saturated carbocycles. The van der Waals surface area contributed by atoms with Crippen LogP contribution in [0.25, 0.3) is 0 Å². The summed E-state index contributed by atoms with van der Waals surface area (Å²) in [7, 11) is -2.24. The second kappa shape index (κ2) is 7.33. The number of anilines is 2. The Morgan fingerprint density at radius 1 is 1.36 bits per heavy atom. The van der Waals surface area contributed by atoms with Gasteiger partial charge in [-0.15, -0.1) is 11.3 Å². The smallest absolute Gasteiger partial charge is 0.271 e. The number of hydrogen-bond acceptors (Lipinski definition) is 5. The van der Waals surface area contributed by atoms with E-state index >= 15 is 0 Å². The van der Waals surface area contributed by atoms with Crippen LogP contribution in [0.5, 0.6) is 0 Å². The lowest BCUT2D eigenvalue weighted by Crippen LogP contribution is -2.37. The minimum atomic E-state index is -3.71. The lowest BCUT2D eigenvalue weighted by Gasteiger charge is -2.29. The topological polar surface area (TPSA) is 75.7 Å². The molecule has 3 rings (SSSR count). The summed E-state index contributed by atoms with van der Waals surface area (Å²) < 4.78 is 32.9. The number of sulfonamides is 1. The first kappa shape index (κ1) is 18.2. The zero-order valence-corrected chi connectivity index (χ0v) is 15.9. The van der Waals surface area contributed by atoms with Gasteiger partial charge in [-0.1, -0.05) is 17.7 Å². The van der Waals surface area contributed by atoms with Gasteiger partial charge in [0.25, 0.3) is 15.9 Å². The Balaban J connectivity index is 1.89. The molecule has 6 nitrogen and oxygen atoms in total. The molecular formula is C16H17ClN2O4S2. The highest BCUT2D eigenvalue weighted by molar-refractivity contribution is 7.94. The summed E-state index contributed by atoms with van der Waals surface area (Å²) in [6.07, 6.45) is 1.71. The van der Waals surface area contributed by atoms with E-state index in [1.165, 1.54) is 13.2 Å². The van der Waals surface area contributed by atoms with Crippen LogP contribution in [0, 0.1) is 0 Å². The van der Waals surface area contributed by atoms with E-state index in [1.54, 1.807) is 23.1 Å². The molecule has 0 unspecified atom stereocenters. The normalized spacial score (nSPS) is 14.2. The number of nitrogens with one attached hydrogen (secondary N) is 1. The quantitative estimate of drug-likeness (QED) is 0.836. The Hall–Kier alpha value is -1.61. The summed E-state index contributed by atoms with van der Waals surface area (Å²) in [5.74, 6) is -0.145. The molecule has 2 heterocycles. The maximum atomic E-state index is 12.4. The standard InChI is InChI=1S/C16H17ClN2O4S2/c1-23-10-15(20)19-8-2-3-11-4-5-12(9-13(11)19)18-25(21,22)16-7-6-14(17)24-16/h4-7,9,18H,2-3,8,10H2,1H3. The van der Waals surface area contributed by atoms with Gasteiger partial charge in [0.2, 0.25) is 0 Å². The van der Waals surface area contributed by atoms with E-state index in [1.807, 2.05) is 6.07 Å². The molecule has 1 aliphatic heterocycles. The molecule has 1 aromatic heterocycles. The summed E-state index contributed by atoms with van der Waals surface area (Å²) in [5, 5.41) is 0.